The van der Waals surface area contributed by atoms with Crippen molar-refractivity contribution in [1.29, 1.82) is 0 Å². The topological polar surface area (TPSA) is 17.1 Å². The van der Waals surface area contributed by atoms with Crippen molar-refractivity contribution in [3.8, 4) is 0 Å². The van der Waals surface area contributed by atoms with Crippen molar-refractivity contribution in [2.75, 3.05) is 0 Å². The van der Waals surface area contributed by atoms with Crippen LogP contribution in [0.1, 0.15) is 112 Å². The fraction of sp³-hybridized carbons (Fsp3) is 0.781. The largest absolute Gasteiger partial charge is 0.460 e. The molecule has 0 N–H and O–H groups in total. The number of rotatable bonds is 14. The van der Waals surface area contributed by atoms with Gasteiger partial charge >= 0.3 is 41.7 Å². The summed E-state index contributed by atoms with van der Waals surface area (Å²) in [6.07, 6.45) is 5.98. The van der Waals surface area contributed by atoms with Crippen LogP contribution >= 0.6 is 0 Å². The summed E-state index contributed by atoms with van der Waals surface area (Å²) in [6.45, 7) is 2.16. The molecule has 2 fully saturated rings. The summed E-state index contributed by atoms with van der Waals surface area (Å²) in [5.74, 6) is -49.6. The number of Topliss-reactive ketones (excluding diaryl/α,β-unsaturated/α-hetero) is 1. The number of halogens is 15. The van der Waals surface area contributed by atoms with Gasteiger partial charge in [-0.25, -0.2) is 0 Å². The average Bonchev–Trinajstić information content (AvgIpc) is 3.02. The summed E-state index contributed by atoms with van der Waals surface area (Å²) in [4.78, 5) is 12.2. The van der Waals surface area contributed by atoms with Crippen LogP contribution in [0.25, 0.3) is 0 Å². The van der Waals surface area contributed by atoms with Crippen molar-refractivity contribution < 1.29 is 70.7 Å². The summed E-state index contributed by atoms with van der Waals surface area (Å²) in [6, 6.07) is 3.08. The minimum absolute atomic E-state index is 0.150. The van der Waals surface area contributed by atoms with Crippen LogP contribution in [0.4, 0.5) is 65.9 Å². The standard InChI is InChI=1S/C32H37F15O/c1-2-3-4-5-6-19-7-9-20(10-8-19)21-11-13-22(14-12-21)23-15-17-24(18-16-23)25(48)26(33,34)27(35,36)28(37,38)29(39,40)30(41,42)31(43,44)32(45,46)47/h15-22H,2-14H2,1H3/t19-,20-,21?,22?. The Kier molecular flexibility index (Phi) is 11.9. The lowest BCUT2D eigenvalue weighted by molar-refractivity contribution is -0.449. The molecule has 0 unspecified atom stereocenters. The van der Waals surface area contributed by atoms with E-state index >= 15 is 0 Å². The molecule has 0 radical (unpaired) electrons. The maximum atomic E-state index is 14.4. The summed E-state index contributed by atoms with van der Waals surface area (Å²) < 4.78 is 203. The van der Waals surface area contributed by atoms with E-state index in [9.17, 15) is 70.7 Å². The van der Waals surface area contributed by atoms with Crippen molar-refractivity contribution in [3.63, 3.8) is 0 Å². The van der Waals surface area contributed by atoms with Crippen LogP contribution in [0.5, 0.6) is 0 Å². The van der Waals surface area contributed by atoms with E-state index in [4.69, 9.17) is 0 Å². The minimum Gasteiger partial charge on any atom is -0.287 e. The quantitative estimate of drug-likeness (QED) is 0.106. The Morgan fingerprint density at radius 3 is 1.46 bits per heavy atom. The van der Waals surface area contributed by atoms with E-state index in [0.29, 0.717) is 42.4 Å². The maximum Gasteiger partial charge on any atom is 0.460 e. The Hall–Kier alpha value is -2.16. The van der Waals surface area contributed by atoms with Gasteiger partial charge in [0.1, 0.15) is 0 Å². The third-order valence-corrected chi connectivity index (χ3v) is 10.1. The third kappa shape index (κ3) is 7.18. The highest BCUT2D eigenvalue weighted by atomic mass is 19.4. The zero-order valence-corrected chi connectivity index (χ0v) is 25.9. The first-order valence-corrected chi connectivity index (χ1v) is 15.9. The molecular weight excluding hydrogens is 685 g/mol. The highest BCUT2D eigenvalue weighted by molar-refractivity contribution is 6.02. The SMILES string of the molecule is CCCCCC[C@H]1CC[C@H](C2CCC(c3ccc(C(=O)C(F)(F)C(F)(F)C(F)(F)C(F)(F)C(F)(F)C(F)(F)C(F)(F)F)cc3)CC2)CC1. The number of hydrogen-bond donors (Lipinski definition) is 0. The molecule has 0 atom stereocenters. The second kappa shape index (κ2) is 14.2. The zero-order valence-electron chi connectivity index (χ0n) is 25.9. The van der Waals surface area contributed by atoms with Gasteiger partial charge in [0.05, 0.1) is 0 Å². The first kappa shape index (κ1) is 40.3. The molecule has 0 heterocycles. The van der Waals surface area contributed by atoms with Gasteiger partial charge in [0.15, 0.2) is 0 Å². The number of unbranched alkanes of at least 4 members (excludes halogenated alkanes) is 3. The molecule has 2 saturated carbocycles. The first-order valence-electron chi connectivity index (χ1n) is 15.9. The lowest BCUT2D eigenvalue weighted by atomic mass is 9.68. The summed E-state index contributed by atoms with van der Waals surface area (Å²) in [5, 5.41) is 0. The highest BCUT2D eigenvalue weighted by Gasteiger charge is 2.94. The molecule has 0 aromatic heterocycles. The van der Waals surface area contributed by atoms with Crippen molar-refractivity contribution in [2.24, 2.45) is 17.8 Å². The summed E-state index contributed by atoms with van der Waals surface area (Å²) in [5.41, 5.74) is -0.989. The van der Waals surface area contributed by atoms with E-state index in [1.165, 1.54) is 44.9 Å². The molecule has 0 bridgehead atoms. The second-order valence-corrected chi connectivity index (χ2v) is 13.1. The van der Waals surface area contributed by atoms with Gasteiger partial charge in [-0.3, -0.25) is 4.79 Å². The van der Waals surface area contributed by atoms with Gasteiger partial charge in [-0.15, -0.1) is 0 Å². The molecule has 0 amide bonds. The van der Waals surface area contributed by atoms with Crippen LogP contribution < -0.4 is 0 Å². The van der Waals surface area contributed by atoms with Gasteiger partial charge in [-0.2, -0.15) is 65.9 Å². The average molecular weight is 723 g/mol. The molecule has 0 spiro atoms. The molecule has 16 heteroatoms. The second-order valence-electron chi connectivity index (χ2n) is 13.1. The van der Waals surface area contributed by atoms with Gasteiger partial charge < -0.3 is 0 Å². The summed E-state index contributed by atoms with van der Waals surface area (Å²) in [7, 11) is 0. The molecule has 276 valence electrons. The van der Waals surface area contributed by atoms with Crippen LogP contribution in [0.15, 0.2) is 24.3 Å². The lowest BCUT2D eigenvalue weighted by Crippen LogP contribution is -2.73. The van der Waals surface area contributed by atoms with Crippen LogP contribution in [-0.4, -0.2) is 47.5 Å². The van der Waals surface area contributed by atoms with Crippen LogP contribution in [0.3, 0.4) is 0 Å². The van der Waals surface area contributed by atoms with Crippen LogP contribution in [0.2, 0.25) is 0 Å². The van der Waals surface area contributed by atoms with Crippen LogP contribution in [0, 0.1) is 17.8 Å². The molecule has 0 saturated heterocycles. The molecular formula is C32H37F15O. The predicted octanol–water partition coefficient (Wildman–Crippen LogP) is 12.3. The lowest BCUT2D eigenvalue weighted by Gasteiger charge is -2.41. The van der Waals surface area contributed by atoms with Gasteiger partial charge in [-0.1, -0.05) is 76.1 Å². The van der Waals surface area contributed by atoms with Gasteiger partial charge in [0, 0.05) is 5.56 Å². The number of carbonyl (C=O) groups excluding carboxylic acids is 1. The van der Waals surface area contributed by atoms with Crippen molar-refractivity contribution in [2.45, 2.75) is 138 Å². The molecule has 1 nitrogen and oxygen atoms in total. The van der Waals surface area contributed by atoms with Crippen molar-refractivity contribution in [1.82, 2.24) is 0 Å². The Balaban J connectivity index is 1.66. The van der Waals surface area contributed by atoms with Gasteiger partial charge in [-0.05, 0) is 67.8 Å². The fourth-order valence-corrected chi connectivity index (χ4v) is 6.93. The first-order chi connectivity index (χ1) is 21.9. The van der Waals surface area contributed by atoms with Crippen molar-refractivity contribution in [3.05, 3.63) is 35.4 Å². The molecule has 48 heavy (non-hydrogen) atoms. The number of alkyl halides is 15. The van der Waals surface area contributed by atoms with E-state index in [2.05, 4.69) is 6.92 Å². The maximum absolute atomic E-state index is 14.4. The normalized spacial score (nSPS) is 24.1. The fourth-order valence-electron chi connectivity index (χ4n) is 6.93. The Morgan fingerprint density at radius 1 is 0.562 bits per heavy atom. The van der Waals surface area contributed by atoms with E-state index < -0.39 is 53.1 Å². The number of ketones is 1. The summed E-state index contributed by atoms with van der Waals surface area (Å²) >= 11 is 0. The predicted molar refractivity (Wildman–Crippen MR) is 145 cm³/mol. The highest BCUT2D eigenvalue weighted by Crippen LogP contribution is 2.62. The minimum atomic E-state index is -8.43. The molecule has 2 aliphatic rings. The van der Waals surface area contributed by atoms with E-state index in [0.717, 1.165) is 43.7 Å². The monoisotopic (exact) mass is 722 g/mol. The molecule has 1 aromatic carbocycles. The Labute approximate surface area is 268 Å². The smallest absolute Gasteiger partial charge is 0.287 e. The number of hydrogen-bond acceptors (Lipinski definition) is 1. The Bertz CT molecular complexity index is 1210. The molecule has 2 aliphatic carbocycles. The molecule has 3 rings (SSSR count). The third-order valence-electron chi connectivity index (χ3n) is 10.1. The number of benzene rings is 1. The van der Waals surface area contributed by atoms with Crippen molar-refractivity contribution >= 4 is 5.78 Å². The van der Waals surface area contributed by atoms with E-state index in [-0.39, 0.29) is 5.92 Å². The van der Waals surface area contributed by atoms with Crippen LogP contribution in [-0.2, 0) is 0 Å². The zero-order chi connectivity index (χ0) is 36.6. The van der Waals surface area contributed by atoms with Gasteiger partial charge in [0.25, 0.3) is 0 Å². The Morgan fingerprint density at radius 2 is 1.00 bits per heavy atom. The molecule has 1 aromatic rings. The molecule has 0 aliphatic heterocycles. The van der Waals surface area contributed by atoms with E-state index in [1.54, 1.807) is 0 Å². The number of carbonyl (C=O) groups is 1. The van der Waals surface area contributed by atoms with Gasteiger partial charge in [0.2, 0.25) is 5.78 Å². The van der Waals surface area contributed by atoms with E-state index in [1.807, 2.05) is 0 Å².